The summed E-state index contributed by atoms with van der Waals surface area (Å²) in [5.41, 5.74) is -1.33. The number of sulfonamides is 1. The first kappa shape index (κ1) is 38.0. The number of alkyl halides is 3. The lowest BCUT2D eigenvalue weighted by molar-refractivity contribution is -0.140. The SMILES string of the molecule is Cc1ccc2nc(O[C@@H]3C[C@H]4C(=O)N[C@]5(C(=O)NS(=O)(=O)C6(C)CC6)C[C@H]5C=CCCCCC[C@H](Nc5cc(F)cc(C(F)(F)F)c5)C(=O)N4C3)sc2c1. The minimum absolute atomic E-state index is 0.0218. The summed E-state index contributed by atoms with van der Waals surface area (Å²) in [7, 11) is -4.04. The Bertz CT molecular complexity index is 2120. The first-order valence-electron chi connectivity index (χ1n) is 18.0. The van der Waals surface area contributed by atoms with Gasteiger partial charge in [-0.2, -0.15) is 13.2 Å². The van der Waals surface area contributed by atoms with Crippen LogP contribution < -0.4 is 20.1 Å². The molecule has 2 aliphatic carbocycles. The first-order valence-corrected chi connectivity index (χ1v) is 20.3. The maximum absolute atomic E-state index is 14.5. The van der Waals surface area contributed by atoms with Gasteiger partial charge in [0.05, 0.1) is 27.1 Å². The molecule has 3 N–H and O–H groups in total. The first-order chi connectivity index (χ1) is 25.5. The van der Waals surface area contributed by atoms with Crippen molar-refractivity contribution in [3.8, 4) is 5.19 Å². The zero-order valence-corrected chi connectivity index (χ0v) is 31.3. The highest BCUT2D eigenvalue weighted by molar-refractivity contribution is 7.91. The van der Waals surface area contributed by atoms with E-state index in [9.17, 15) is 40.4 Å². The van der Waals surface area contributed by atoms with E-state index in [1.165, 1.54) is 16.2 Å². The number of halogens is 4. The summed E-state index contributed by atoms with van der Waals surface area (Å²) in [5.74, 6) is -3.83. The molecule has 4 aliphatic rings. The highest BCUT2D eigenvalue weighted by atomic mass is 32.2. The van der Waals surface area contributed by atoms with E-state index in [0.29, 0.717) is 55.3 Å². The highest BCUT2D eigenvalue weighted by Gasteiger charge is 2.63. The number of rotatable bonds is 7. The molecule has 0 spiro atoms. The van der Waals surface area contributed by atoms with Crippen molar-refractivity contribution in [1.82, 2.24) is 19.9 Å². The van der Waals surface area contributed by atoms with Crippen molar-refractivity contribution in [2.75, 3.05) is 11.9 Å². The minimum Gasteiger partial charge on any atom is -0.465 e. The Labute approximate surface area is 314 Å². The van der Waals surface area contributed by atoms with E-state index in [-0.39, 0.29) is 31.5 Å². The molecule has 0 unspecified atom stereocenters. The molecule has 2 aromatic carbocycles. The summed E-state index contributed by atoms with van der Waals surface area (Å²) >= 11 is 1.30. The number of hydrogen-bond acceptors (Lipinski definition) is 9. The molecule has 3 heterocycles. The lowest BCUT2D eigenvalue weighted by Gasteiger charge is -2.30. The molecule has 2 aliphatic heterocycles. The molecule has 17 heteroatoms. The second kappa shape index (κ2) is 14.1. The normalized spacial score (nSPS) is 27.3. The van der Waals surface area contributed by atoms with Crippen molar-refractivity contribution >= 4 is 55.0 Å². The number of aromatic nitrogens is 1. The van der Waals surface area contributed by atoms with Gasteiger partial charge in [0.1, 0.15) is 29.5 Å². The topological polar surface area (TPSA) is 147 Å². The van der Waals surface area contributed by atoms with E-state index in [1.807, 2.05) is 31.2 Å². The molecule has 3 fully saturated rings. The van der Waals surface area contributed by atoms with E-state index < -0.39 is 79.7 Å². The molecule has 1 aromatic heterocycles. The van der Waals surface area contributed by atoms with Crippen molar-refractivity contribution in [2.45, 2.75) is 106 Å². The number of nitrogens with one attached hydrogen (secondary N) is 3. The predicted molar refractivity (Wildman–Crippen MR) is 194 cm³/mol. The van der Waals surface area contributed by atoms with Crippen LogP contribution in [0.3, 0.4) is 0 Å². The Balaban J connectivity index is 1.20. The van der Waals surface area contributed by atoms with Gasteiger partial charge in [-0.1, -0.05) is 42.4 Å². The molecule has 0 radical (unpaired) electrons. The number of hydrogen-bond donors (Lipinski definition) is 3. The average Bonchev–Trinajstić information content (AvgIpc) is 3.91. The number of nitrogens with zero attached hydrogens (tertiary/aromatic N) is 2. The molecule has 290 valence electrons. The van der Waals surface area contributed by atoms with Crippen LogP contribution in [0.2, 0.25) is 0 Å². The Morgan fingerprint density at radius 1 is 1.11 bits per heavy atom. The van der Waals surface area contributed by atoms with Crippen LogP contribution >= 0.6 is 11.3 Å². The fourth-order valence-electron chi connectivity index (χ4n) is 7.19. The second-order valence-corrected chi connectivity index (χ2v) is 18.3. The van der Waals surface area contributed by atoms with Crippen molar-refractivity contribution < 1.29 is 45.1 Å². The van der Waals surface area contributed by atoms with E-state index in [2.05, 4.69) is 20.3 Å². The van der Waals surface area contributed by atoms with Crippen LogP contribution in [0.5, 0.6) is 5.19 Å². The maximum Gasteiger partial charge on any atom is 0.416 e. The zero-order chi connectivity index (χ0) is 38.6. The molecule has 1 saturated heterocycles. The molecule has 3 aromatic rings. The van der Waals surface area contributed by atoms with Crippen LogP contribution in [-0.2, 0) is 30.6 Å². The number of aryl methyl sites for hydroxylation is 1. The molecule has 11 nitrogen and oxygen atoms in total. The summed E-state index contributed by atoms with van der Waals surface area (Å²) in [6.45, 7) is 3.39. The molecular weight excluding hydrogens is 751 g/mol. The Morgan fingerprint density at radius 3 is 2.63 bits per heavy atom. The summed E-state index contributed by atoms with van der Waals surface area (Å²) in [5, 5.41) is 5.94. The number of thiazole rings is 1. The number of benzene rings is 2. The van der Waals surface area contributed by atoms with Gasteiger partial charge in [-0.15, -0.1) is 0 Å². The van der Waals surface area contributed by atoms with Crippen LogP contribution in [-0.4, -0.2) is 71.0 Å². The third-order valence-electron chi connectivity index (χ3n) is 10.8. The highest BCUT2D eigenvalue weighted by Crippen LogP contribution is 2.47. The third-order valence-corrected chi connectivity index (χ3v) is 13.9. The smallest absolute Gasteiger partial charge is 0.416 e. The van der Waals surface area contributed by atoms with E-state index in [1.54, 1.807) is 13.0 Å². The summed E-state index contributed by atoms with van der Waals surface area (Å²) < 4.78 is 89.7. The Hall–Kier alpha value is -4.25. The minimum atomic E-state index is -4.83. The molecule has 5 atom stereocenters. The average molecular weight is 792 g/mol. The lowest BCUT2D eigenvalue weighted by atomic mass is 10.0. The predicted octanol–water partition coefficient (Wildman–Crippen LogP) is 5.99. The molecule has 3 amide bonds. The molecule has 7 rings (SSSR count). The van der Waals surface area contributed by atoms with Crippen LogP contribution in [0.1, 0.15) is 75.8 Å². The van der Waals surface area contributed by atoms with Gasteiger partial charge in [-0.05, 0) is 88.3 Å². The summed E-state index contributed by atoms with van der Waals surface area (Å²) in [4.78, 5) is 48.4. The van der Waals surface area contributed by atoms with Crippen molar-refractivity contribution in [2.24, 2.45) is 5.92 Å². The fraction of sp³-hybridized carbons (Fsp3) is 0.514. The summed E-state index contributed by atoms with van der Waals surface area (Å²) in [6.07, 6.45) is 1.60. The van der Waals surface area contributed by atoms with Gasteiger partial charge in [0.25, 0.3) is 11.1 Å². The van der Waals surface area contributed by atoms with Crippen LogP contribution in [0.4, 0.5) is 23.2 Å². The van der Waals surface area contributed by atoms with Gasteiger partial charge in [0.15, 0.2) is 0 Å². The molecule has 2 saturated carbocycles. The van der Waals surface area contributed by atoms with Gasteiger partial charge in [-0.25, -0.2) is 17.8 Å². The van der Waals surface area contributed by atoms with E-state index >= 15 is 0 Å². The number of ether oxygens (including phenoxy) is 1. The number of anilines is 1. The molecule has 0 bridgehead atoms. The van der Waals surface area contributed by atoms with Crippen LogP contribution in [0.25, 0.3) is 10.2 Å². The summed E-state index contributed by atoms with van der Waals surface area (Å²) in [6, 6.07) is 5.34. The number of carbonyl (C=O) groups is 3. The van der Waals surface area contributed by atoms with Gasteiger partial charge < -0.3 is 20.3 Å². The zero-order valence-electron chi connectivity index (χ0n) is 29.7. The number of allylic oxidation sites excluding steroid dienone is 1. The largest absolute Gasteiger partial charge is 0.465 e. The van der Waals surface area contributed by atoms with Crippen LogP contribution in [0.15, 0.2) is 48.6 Å². The van der Waals surface area contributed by atoms with Gasteiger partial charge >= 0.3 is 6.18 Å². The lowest BCUT2D eigenvalue weighted by Crippen LogP contribution is -2.58. The second-order valence-electron chi connectivity index (χ2n) is 15.1. The standard InChI is InChI=1S/C37H41F4N5O6S2/c1-21-10-11-27-30(14-21)53-34(43-27)52-26-18-29-31(47)44-36(33(49)45-54(50,51)35(2)12-13-35)19-22(36)8-6-4-3-5-7-9-28(32(48)46(29)20-26)42-25-16-23(37(39,40)41)15-24(38)17-25/h6,8,10-11,14-17,22,26,28-29,42H,3-5,7,9,12-13,18-20H2,1-2H3,(H,44,47)(H,45,49)/t22-,26-,28+,29+,36-/m1/s1. The molecule has 54 heavy (non-hydrogen) atoms. The number of carbonyl (C=O) groups excluding carboxylic acids is 3. The van der Waals surface area contributed by atoms with E-state index in [0.717, 1.165) is 22.4 Å². The monoisotopic (exact) mass is 791 g/mol. The van der Waals surface area contributed by atoms with Gasteiger partial charge in [0, 0.05) is 18.0 Å². The van der Waals surface area contributed by atoms with Crippen LogP contribution in [0, 0.1) is 18.7 Å². The molecular formula is C37H41F4N5O6S2. The fourth-order valence-corrected chi connectivity index (χ4v) is 9.48. The third kappa shape index (κ3) is 7.79. The Kier molecular flexibility index (Phi) is 9.94. The van der Waals surface area contributed by atoms with Gasteiger partial charge in [-0.3, -0.25) is 19.1 Å². The number of fused-ring (bicyclic) bond motifs is 3. The van der Waals surface area contributed by atoms with Crippen molar-refractivity contribution in [3.05, 3.63) is 65.5 Å². The quantitative estimate of drug-likeness (QED) is 0.196. The number of amides is 3. The van der Waals surface area contributed by atoms with Crippen molar-refractivity contribution in [1.29, 1.82) is 0 Å². The van der Waals surface area contributed by atoms with E-state index in [4.69, 9.17) is 4.74 Å². The Morgan fingerprint density at radius 2 is 1.89 bits per heavy atom. The maximum atomic E-state index is 14.5. The van der Waals surface area contributed by atoms with Gasteiger partial charge in [0.2, 0.25) is 21.8 Å². The van der Waals surface area contributed by atoms with Crippen molar-refractivity contribution in [3.63, 3.8) is 0 Å².